The van der Waals surface area contributed by atoms with Crippen LogP contribution in [0.1, 0.15) is 62.4 Å². The lowest BCUT2D eigenvalue weighted by Gasteiger charge is -2.37. The molecule has 2 aliphatic heterocycles. The number of rotatable bonds is 3. The van der Waals surface area contributed by atoms with Gasteiger partial charge in [0.05, 0.1) is 11.1 Å². The summed E-state index contributed by atoms with van der Waals surface area (Å²) in [4.78, 5) is 24.7. The molecule has 0 amide bonds. The fourth-order valence-electron chi connectivity index (χ4n) is 4.57. The SMILES string of the molecule is CCc1cc2c(cc1O)Oc1cc(O)c(CC)cc1C21OC(=O)c2ccc(C(=O)O)cc21. The Morgan fingerprint density at radius 3 is 1.94 bits per heavy atom. The maximum atomic E-state index is 13.0. The molecule has 0 fully saturated rings. The summed E-state index contributed by atoms with van der Waals surface area (Å²) >= 11 is 0. The average molecular weight is 432 g/mol. The Hall–Kier alpha value is -4.00. The van der Waals surface area contributed by atoms with E-state index in [-0.39, 0.29) is 34.1 Å². The van der Waals surface area contributed by atoms with Gasteiger partial charge in [0.25, 0.3) is 0 Å². The number of fused-ring (bicyclic) bond motifs is 6. The molecule has 5 rings (SSSR count). The second-order valence-corrected chi connectivity index (χ2v) is 7.90. The predicted octanol–water partition coefficient (Wildman–Crippen LogP) is 4.49. The van der Waals surface area contributed by atoms with Crippen molar-refractivity contribution in [2.75, 3.05) is 0 Å². The van der Waals surface area contributed by atoms with Crippen molar-refractivity contribution in [2.24, 2.45) is 0 Å². The monoisotopic (exact) mass is 432 g/mol. The fourth-order valence-corrected chi connectivity index (χ4v) is 4.57. The van der Waals surface area contributed by atoms with Crippen LogP contribution in [-0.2, 0) is 23.2 Å². The van der Waals surface area contributed by atoms with Crippen LogP contribution in [0, 0.1) is 0 Å². The number of aromatic carboxylic acids is 1. The molecule has 2 aliphatic rings. The lowest BCUT2D eigenvalue weighted by molar-refractivity contribution is 0.0223. The number of carbonyl (C=O) groups excluding carboxylic acids is 1. The molecule has 32 heavy (non-hydrogen) atoms. The molecule has 7 heteroatoms. The Morgan fingerprint density at radius 2 is 1.44 bits per heavy atom. The number of ether oxygens (including phenoxy) is 2. The van der Waals surface area contributed by atoms with Gasteiger partial charge < -0.3 is 24.8 Å². The third-order valence-electron chi connectivity index (χ3n) is 6.21. The summed E-state index contributed by atoms with van der Waals surface area (Å²) < 4.78 is 12.1. The first kappa shape index (κ1) is 19.9. The predicted molar refractivity (Wildman–Crippen MR) is 114 cm³/mol. The zero-order valence-corrected chi connectivity index (χ0v) is 17.4. The standard InChI is InChI=1S/C25H20O7/c1-3-12-7-17-21(10-19(12)26)31-22-11-20(27)13(4-2)8-18(22)25(17)16-9-14(23(28)29)5-6-15(16)24(30)32-25/h5-11,26-27H,3-4H2,1-2H3,(H,28,29). The lowest BCUT2D eigenvalue weighted by Crippen LogP contribution is -2.33. The number of phenols is 2. The van der Waals surface area contributed by atoms with Gasteiger partial charge in [-0.2, -0.15) is 0 Å². The van der Waals surface area contributed by atoms with Gasteiger partial charge in [-0.3, -0.25) is 0 Å². The molecule has 0 bridgehead atoms. The summed E-state index contributed by atoms with van der Waals surface area (Å²) in [6, 6.07) is 10.6. The van der Waals surface area contributed by atoms with E-state index in [9.17, 15) is 24.9 Å². The van der Waals surface area contributed by atoms with Gasteiger partial charge in [-0.05, 0) is 54.3 Å². The van der Waals surface area contributed by atoms with Crippen LogP contribution in [0.4, 0.5) is 0 Å². The van der Waals surface area contributed by atoms with Gasteiger partial charge in [-0.15, -0.1) is 0 Å². The van der Waals surface area contributed by atoms with Crippen LogP contribution in [0.25, 0.3) is 0 Å². The van der Waals surface area contributed by atoms with Gasteiger partial charge in [0.2, 0.25) is 0 Å². The number of carboxylic acid groups (broad SMARTS) is 1. The van der Waals surface area contributed by atoms with E-state index in [2.05, 4.69) is 0 Å². The maximum Gasteiger partial charge on any atom is 0.340 e. The van der Waals surface area contributed by atoms with Gasteiger partial charge in [0.15, 0.2) is 5.60 Å². The minimum absolute atomic E-state index is 0.0139. The van der Waals surface area contributed by atoms with E-state index < -0.39 is 17.5 Å². The largest absolute Gasteiger partial charge is 0.508 e. The molecule has 0 aliphatic carbocycles. The van der Waals surface area contributed by atoms with Crippen molar-refractivity contribution < 1.29 is 34.4 Å². The van der Waals surface area contributed by atoms with Gasteiger partial charge in [0.1, 0.15) is 23.0 Å². The van der Waals surface area contributed by atoms with E-state index in [4.69, 9.17) is 9.47 Å². The van der Waals surface area contributed by atoms with Crippen molar-refractivity contribution in [1.82, 2.24) is 0 Å². The molecule has 7 nitrogen and oxygen atoms in total. The molecule has 162 valence electrons. The average Bonchev–Trinajstić information content (AvgIpc) is 3.05. The number of esters is 1. The summed E-state index contributed by atoms with van der Waals surface area (Å²) in [6.07, 6.45) is 1.04. The Balaban J connectivity index is 1.92. The number of carboxylic acids is 1. The number of aromatic hydroxyl groups is 2. The molecule has 0 unspecified atom stereocenters. The molecular formula is C25H20O7. The topological polar surface area (TPSA) is 113 Å². The van der Waals surface area contributed by atoms with Crippen molar-refractivity contribution in [3.05, 3.63) is 81.4 Å². The minimum atomic E-state index is -1.48. The van der Waals surface area contributed by atoms with Crippen LogP contribution < -0.4 is 4.74 Å². The van der Waals surface area contributed by atoms with Crippen LogP contribution in [-0.4, -0.2) is 27.3 Å². The molecule has 3 aromatic rings. The third kappa shape index (κ3) is 2.54. The molecule has 2 heterocycles. The molecule has 0 aromatic heterocycles. The zero-order chi connectivity index (χ0) is 22.8. The third-order valence-corrected chi connectivity index (χ3v) is 6.21. The molecule has 0 saturated heterocycles. The van der Waals surface area contributed by atoms with E-state index in [1.165, 1.54) is 30.3 Å². The van der Waals surface area contributed by atoms with Gasteiger partial charge in [-0.25, -0.2) is 9.59 Å². The van der Waals surface area contributed by atoms with E-state index in [1.807, 2.05) is 13.8 Å². The summed E-state index contributed by atoms with van der Waals surface area (Å²) in [6.45, 7) is 3.77. The molecular weight excluding hydrogens is 412 g/mol. The zero-order valence-electron chi connectivity index (χ0n) is 17.4. The van der Waals surface area contributed by atoms with Crippen LogP contribution in [0.3, 0.4) is 0 Å². The maximum absolute atomic E-state index is 13.0. The first-order valence-corrected chi connectivity index (χ1v) is 10.3. The highest BCUT2D eigenvalue weighted by Gasteiger charge is 2.54. The second kappa shape index (κ2) is 6.75. The number of phenolic OH excluding ortho intramolecular Hbond substituents is 2. The van der Waals surface area contributed by atoms with Crippen molar-refractivity contribution in [3.8, 4) is 23.0 Å². The lowest BCUT2D eigenvalue weighted by atomic mass is 9.76. The second-order valence-electron chi connectivity index (χ2n) is 7.90. The van der Waals surface area contributed by atoms with Gasteiger partial charge in [0, 0.05) is 28.8 Å². The van der Waals surface area contributed by atoms with Gasteiger partial charge in [-0.1, -0.05) is 13.8 Å². The van der Waals surface area contributed by atoms with E-state index in [1.54, 1.807) is 12.1 Å². The quantitative estimate of drug-likeness (QED) is 0.523. The van der Waals surface area contributed by atoms with Crippen molar-refractivity contribution >= 4 is 11.9 Å². The Labute approximate surface area is 183 Å². The number of aryl methyl sites for hydroxylation is 2. The minimum Gasteiger partial charge on any atom is -0.508 e. The van der Waals surface area contributed by atoms with Crippen LogP contribution in [0.5, 0.6) is 23.0 Å². The first-order valence-electron chi connectivity index (χ1n) is 10.3. The summed E-state index contributed by atoms with van der Waals surface area (Å²) in [5.74, 6) is -1.14. The molecule has 3 aromatic carbocycles. The van der Waals surface area contributed by atoms with E-state index in [0.717, 1.165) is 0 Å². The highest BCUT2D eigenvalue weighted by molar-refractivity contribution is 5.99. The van der Waals surface area contributed by atoms with Crippen LogP contribution in [0.2, 0.25) is 0 Å². The van der Waals surface area contributed by atoms with Crippen molar-refractivity contribution in [2.45, 2.75) is 32.3 Å². The van der Waals surface area contributed by atoms with Crippen molar-refractivity contribution in [1.29, 1.82) is 0 Å². The van der Waals surface area contributed by atoms with Crippen molar-refractivity contribution in [3.63, 3.8) is 0 Å². The highest BCUT2D eigenvalue weighted by Crippen LogP contribution is 2.58. The van der Waals surface area contributed by atoms with Gasteiger partial charge >= 0.3 is 11.9 Å². The molecule has 0 saturated carbocycles. The number of benzene rings is 3. The molecule has 1 spiro atoms. The summed E-state index contributed by atoms with van der Waals surface area (Å²) in [5, 5.41) is 30.4. The smallest absolute Gasteiger partial charge is 0.340 e. The fraction of sp³-hybridized carbons (Fsp3) is 0.200. The molecule has 0 atom stereocenters. The molecule has 0 radical (unpaired) electrons. The van der Waals surface area contributed by atoms with Crippen LogP contribution >= 0.6 is 0 Å². The normalized spacial score (nSPS) is 14.9. The Kier molecular flexibility index (Phi) is 4.20. The Bertz CT molecular complexity index is 1260. The van der Waals surface area contributed by atoms with Crippen LogP contribution in [0.15, 0.2) is 42.5 Å². The summed E-state index contributed by atoms with van der Waals surface area (Å²) in [5.41, 5.74) is 1.41. The van der Waals surface area contributed by atoms with E-state index >= 15 is 0 Å². The first-order chi connectivity index (χ1) is 15.3. The Morgan fingerprint density at radius 1 is 0.875 bits per heavy atom. The summed E-state index contributed by atoms with van der Waals surface area (Å²) in [7, 11) is 0. The van der Waals surface area contributed by atoms with E-state index in [0.29, 0.717) is 40.7 Å². The number of hydrogen-bond donors (Lipinski definition) is 3. The molecule has 3 N–H and O–H groups in total. The number of carbonyl (C=O) groups is 2. The highest BCUT2D eigenvalue weighted by atomic mass is 16.6. The number of hydrogen-bond acceptors (Lipinski definition) is 6.